The normalized spacial score (nSPS) is 10.8. The Bertz CT molecular complexity index is 441. The summed E-state index contributed by atoms with van der Waals surface area (Å²) in [5, 5.41) is 1.01. The molecule has 2 N–H and O–H groups in total. The number of rotatable bonds is 1. The van der Waals surface area contributed by atoms with Crippen LogP contribution in [0.5, 0.6) is 0 Å². The zero-order chi connectivity index (χ0) is 8.72. The Balaban J connectivity index is 2.70. The Morgan fingerprint density at radius 3 is 2.92 bits per heavy atom. The van der Waals surface area contributed by atoms with E-state index in [1.165, 1.54) is 0 Å². The first-order valence-electron chi connectivity index (χ1n) is 3.55. The largest absolute Gasteiger partial charge is 0.347 e. The summed E-state index contributed by atoms with van der Waals surface area (Å²) in [6.07, 6.45) is 1.84. The Morgan fingerprint density at radius 2 is 2.33 bits per heavy atom. The van der Waals surface area contributed by atoms with E-state index in [1.54, 1.807) is 6.92 Å². The predicted octanol–water partition coefficient (Wildman–Crippen LogP) is 2.46. The summed E-state index contributed by atoms with van der Waals surface area (Å²) in [6, 6.07) is 1.83. The van der Waals surface area contributed by atoms with E-state index in [2.05, 4.69) is 25.9 Å². The van der Waals surface area contributed by atoms with Gasteiger partial charge in [0.1, 0.15) is 5.65 Å². The van der Waals surface area contributed by atoms with E-state index < -0.39 is 0 Å². The van der Waals surface area contributed by atoms with Gasteiger partial charge in [0, 0.05) is 23.0 Å². The summed E-state index contributed by atoms with van der Waals surface area (Å²) in [4.78, 5) is 17.0. The number of carbonyl (C=O) groups is 1. The second-order valence-electron chi connectivity index (χ2n) is 2.66. The van der Waals surface area contributed by atoms with Crippen molar-refractivity contribution < 1.29 is 4.79 Å². The summed E-state index contributed by atoms with van der Waals surface area (Å²) in [5.74, 6) is 0.0477. The minimum atomic E-state index is 0.0477. The number of fused-ring (bicyclic) bond motifs is 1. The SMILES string of the molecule is CC(=O)c1cc2c(Br)c[nH]c2[nH]1. The molecule has 12 heavy (non-hydrogen) atoms. The van der Waals surface area contributed by atoms with Gasteiger partial charge < -0.3 is 9.97 Å². The zero-order valence-electron chi connectivity index (χ0n) is 6.44. The van der Waals surface area contributed by atoms with Crippen LogP contribution in [0.1, 0.15) is 17.4 Å². The van der Waals surface area contributed by atoms with E-state index in [9.17, 15) is 4.79 Å². The minimum absolute atomic E-state index is 0.0477. The van der Waals surface area contributed by atoms with Crippen LogP contribution in [-0.2, 0) is 0 Å². The molecule has 0 aromatic carbocycles. The molecule has 62 valence electrons. The zero-order valence-corrected chi connectivity index (χ0v) is 8.03. The van der Waals surface area contributed by atoms with Crippen LogP contribution in [0, 0.1) is 0 Å². The number of hydrogen-bond acceptors (Lipinski definition) is 1. The first kappa shape index (κ1) is 7.61. The fourth-order valence-electron chi connectivity index (χ4n) is 1.16. The molecule has 0 amide bonds. The van der Waals surface area contributed by atoms with Crippen LogP contribution in [0.4, 0.5) is 0 Å². The maximum atomic E-state index is 11.0. The van der Waals surface area contributed by atoms with Crippen molar-refractivity contribution in [3.63, 3.8) is 0 Å². The van der Waals surface area contributed by atoms with E-state index in [1.807, 2.05) is 12.3 Å². The number of hydrogen-bond donors (Lipinski definition) is 2. The first-order chi connectivity index (χ1) is 5.68. The van der Waals surface area contributed by atoms with Gasteiger partial charge in [-0.1, -0.05) is 0 Å². The van der Waals surface area contributed by atoms with Crippen LogP contribution in [0.15, 0.2) is 16.7 Å². The van der Waals surface area contributed by atoms with Crippen LogP contribution in [-0.4, -0.2) is 15.8 Å². The molecule has 0 saturated carbocycles. The molecular formula is C8H7BrN2O. The van der Waals surface area contributed by atoms with Crippen molar-refractivity contribution in [2.24, 2.45) is 0 Å². The fraction of sp³-hybridized carbons (Fsp3) is 0.125. The molecule has 3 nitrogen and oxygen atoms in total. The maximum Gasteiger partial charge on any atom is 0.176 e. The highest BCUT2D eigenvalue weighted by molar-refractivity contribution is 9.10. The monoisotopic (exact) mass is 226 g/mol. The Labute approximate surface area is 77.3 Å². The number of halogens is 1. The lowest BCUT2D eigenvalue weighted by atomic mass is 10.3. The smallest absolute Gasteiger partial charge is 0.176 e. The number of Topliss-reactive ketones (excluding diaryl/α,β-unsaturated/α-hetero) is 1. The molecule has 0 aliphatic rings. The van der Waals surface area contributed by atoms with E-state index in [0.29, 0.717) is 5.69 Å². The number of H-pyrrole nitrogens is 2. The topological polar surface area (TPSA) is 48.6 Å². The van der Waals surface area contributed by atoms with Crippen molar-refractivity contribution in [2.75, 3.05) is 0 Å². The van der Waals surface area contributed by atoms with Gasteiger partial charge in [-0.15, -0.1) is 0 Å². The molecule has 0 aliphatic carbocycles. The molecule has 2 heterocycles. The van der Waals surface area contributed by atoms with Crippen molar-refractivity contribution >= 4 is 32.7 Å². The Hall–Kier alpha value is -1.03. The van der Waals surface area contributed by atoms with Gasteiger partial charge in [0.15, 0.2) is 5.78 Å². The number of ketones is 1. The Kier molecular flexibility index (Phi) is 1.58. The molecule has 0 saturated heterocycles. The maximum absolute atomic E-state index is 11.0. The predicted molar refractivity (Wildman–Crippen MR) is 50.4 cm³/mol. The van der Waals surface area contributed by atoms with Crippen molar-refractivity contribution in [2.45, 2.75) is 6.92 Å². The molecule has 0 fully saturated rings. The van der Waals surface area contributed by atoms with Crippen molar-refractivity contribution in [3.05, 3.63) is 22.4 Å². The van der Waals surface area contributed by atoms with E-state index in [-0.39, 0.29) is 5.78 Å². The van der Waals surface area contributed by atoms with Gasteiger partial charge >= 0.3 is 0 Å². The molecule has 0 atom stereocenters. The van der Waals surface area contributed by atoms with Gasteiger partial charge in [-0.2, -0.15) is 0 Å². The molecule has 0 unspecified atom stereocenters. The highest BCUT2D eigenvalue weighted by atomic mass is 79.9. The molecule has 0 radical (unpaired) electrons. The standard InChI is InChI=1S/C8H7BrN2O/c1-4(12)7-2-5-6(9)3-10-8(5)11-7/h2-3,10-11H,1H3. The van der Waals surface area contributed by atoms with Crippen molar-refractivity contribution in [1.29, 1.82) is 0 Å². The second kappa shape index (κ2) is 2.48. The van der Waals surface area contributed by atoms with Gasteiger partial charge in [0.05, 0.1) is 5.69 Å². The number of nitrogens with one attached hydrogen (secondary N) is 2. The third-order valence-electron chi connectivity index (χ3n) is 1.80. The van der Waals surface area contributed by atoms with Gasteiger partial charge in [-0.25, -0.2) is 0 Å². The summed E-state index contributed by atoms with van der Waals surface area (Å²) in [5.41, 5.74) is 1.52. The number of aromatic amines is 2. The van der Waals surface area contributed by atoms with Gasteiger partial charge in [-0.3, -0.25) is 4.79 Å². The van der Waals surface area contributed by atoms with Crippen LogP contribution >= 0.6 is 15.9 Å². The van der Waals surface area contributed by atoms with E-state index >= 15 is 0 Å². The summed E-state index contributed by atoms with van der Waals surface area (Å²) < 4.78 is 0.973. The highest BCUT2D eigenvalue weighted by Crippen LogP contribution is 2.23. The highest BCUT2D eigenvalue weighted by Gasteiger charge is 2.07. The van der Waals surface area contributed by atoms with Crippen molar-refractivity contribution in [3.8, 4) is 0 Å². The van der Waals surface area contributed by atoms with E-state index in [4.69, 9.17) is 0 Å². The van der Waals surface area contributed by atoms with Crippen molar-refractivity contribution in [1.82, 2.24) is 9.97 Å². The Morgan fingerprint density at radius 1 is 1.58 bits per heavy atom. The molecule has 0 spiro atoms. The molecular weight excluding hydrogens is 220 g/mol. The lowest BCUT2D eigenvalue weighted by molar-refractivity contribution is 0.101. The summed E-state index contributed by atoms with van der Waals surface area (Å²) in [7, 11) is 0. The molecule has 4 heteroatoms. The first-order valence-corrected chi connectivity index (χ1v) is 4.34. The molecule has 2 aromatic rings. The van der Waals surface area contributed by atoms with Crippen LogP contribution in [0.2, 0.25) is 0 Å². The van der Waals surface area contributed by atoms with Gasteiger partial charge in [0.2, 0.25) is 0 Å². The summed E-state index contributed by atoms with van der Waals surface area (Å²) in [6.45, 7) is 1.54. The molecule has 2 rings (SSSR count). The average Bonchev–Trinajstić information content (AvgIpc) is 2.53. The summed E-state index contributed by atoms with van der Waals surface area (Å²) >= 11 is 3.37. The van der Waals surface area contributed by atoms with Gasteiger partial charge in [-0.05, 0) is 22.0 Å². The second-order valence-corrected chi connectivity index (χ2v) is 3.52. The third kappa shape index (κ3) is 0.992. The third-order valence-corrected chi connectivity index (χ3v) is 2.45. The molecule has 0 bridgehead atoms. The quantitative estimate of drug-likeness (QED) is 0.722. The van der Waals surface area contributed by atoms with Crippen LogP contribution < -0.4 is 0 Å². The van der Waals surface area contributed by atoms with E-state index in [0.717, 1.165) is 15.5 Å². The average molecular weight is 227 g/mol. The lowest BCUT2D eigenvalue weighted by Crippen LogP contribution is -1.90. The number of aromatic nitrogens is 2. The van der Waals surface area contributed by atoms with Crippen LogP contribution in [0.25, 0.3) is 11.0 Å². The minimum Gasteiger partial charge on any atom is -0.347 e. The molecule has 0 aliphatic heterocycles. The fourth-order valence-corrected chi connectivity index (χ4v) is 1.59. The van der Waals surface area contributed by atoms with Crippen LogP contribution in [0.3, 0.4) is 0 Å². The molecule has 2 aromatic heterocycles. The lowest BCUT2D eigenvalue weighted by Gasteiger charge is -1.84. The number of carbonyl (C=O) groups excluding carboxylic acids is 1. The van der Waals surface area contributed by atoms with Gasteiger partial charge in [0.25, 0.3) is 0 Å².